The first kappa shape index (κ1) is 32.0. The minimum atomic E-state index is -1.18. The van der Waals surface area contributed by atoms with Gasteiger partial charge in [-0.3, -0.25) is 9.59 Å². The summed E-state index contributed by atoms with van der Waals surface area (Å²) in [7, 11) is 0. The molecule has 1 unspecified atom stereocenters. The van der Waals surface area contributed by atoms with E-state index in [0.29, 0.717) is 55.3 Å². The van der Waals surface area contributed by atoms with Crippen LogP contribution in [-0.4, -0.2) is 64.8 Å². The number of nitrogens with zero attached hydrogens (tertiary/aromatic N) is 1. The molecule has 11 heteroatoms. The van der Waals surface area contributed by atoms with Gasteiger partial charge in [-0.25, -0.2) is 14.0 Å². The Bertz CT molecular complexity index is 1540. The van der Waals surface area contributed by atoms with Gasteiger partial charge in [-0.2, -0.15) is 0 Å². The van der Waals surface area contributed by atoms with Gasteiger partial charge in [0, 0.05) is 29.5 Å². The van der Waals surface area contributed by atoms with Gasteiger partial charge in [0.2, 0.25) is 17.6 Å². The normalized spacial score (nSPS) is 22.5. The molecule has 10 nitrogen and oxygen atoms in total. The third kappa shape index (κ3) is 7.46. The van der Waals surface area contributed by atoms with E-state index in [9.17, 15) is 28.7 Å². The average molecular weight is 622 g/mol. The fourth-order valence-electron chi connectivity index (χ4n) is 6.60. The second-order valence-electron chi connectivity index (χ2n) is 13.0. The van der Waals surface area contributed by atoms with Gasteiger partial charge in [0.1, 0.15) is 23.9 Å². The molecule has 2 aliphatic rings. The monoisotopic (exact) mass is 621 g/mol. The number of carboxylic acid groups (broad SMARTS) is 1. The van der Waals surface area contributed by atoms with Gasteiger partial charge >= 0.3 is 12.1 Å². The molecule has 2 fully saturated rings. The molecule has 0 bridgehead atoms. The highest BCUT2D eigenvalue weighted by Crippen LogP contribution is 2.39. The van der Waals surface area contributed by atoms with Crippen molar-refractivity contribution in [1.82, 2.24) is 10.2 Å². The Morgan fingerprint density at radius 2 is 1.73 bits per heavy atom. The second kappa shape index (κ2) is 13.3. The number of likely N-dealkylation sites (tertiary alicyclic amines) is 1. The van der Waals surface area contributed by atoms with E-state index in [1.165, 1.54) is 6.07 Å². The SMILES string of the molecule is CC(C)(C)OC(=O)NC(CF)[C@H]1CC[C@H](C(=O)N2CC[C@H](c3ccccc3)[C@H]2C(=O)Nc2ccc3oc(C(=O)O)cc3c2)CC1. The van der Waals surface area contributed by atoms with Crippen molar-refractivity contribution < 1.29 is 37.8 Å². The zero-order valence-electron chi connectivity index (χ0n) is 25.8. The van der Waals surface area contributed by atoms with Gasteiger partial charge in [-0.1, -0.05) is 30.3 Å². The van der Waals surface area contributed by atoms with Gasteiger partial charge in [-0.15, -0.1) is 0 Å². The first-order valence-corrected chi connectivity index (χ1v) is 15.4. The Morgan fingerprint density at radius 1 is 1.02 bits per heavy atom. The van der Waals surface area contributed by atoms with Crippen LogP contribution in [0, 0.1) is 11.8 Å². The Hall–Kier alpha value is -4.41. The number of carboxylic acids is 1. The van der Waals surface area contributed by atoms with E-state index < -0.39 is 36.4 Å². The van der Waals surface area contributed by atoms with Crippen molar-refractivity contribution in [3.05, 3.63) is 65.9 Å². The van der Waals surface area contributed by atoms with E-state index in [1.807, 2.05) is 30.3 Å². The molecular weight excluding hydrogens is 581 g/mol. The summed E-state index contributed by atoms with van der Waals surface area (Å²) in [5.41, 5.74) is 1.12. The predicted octanol–water partition coefficient (Wildman–Crippen LogP) is 6.12. The van der Waals surface area contributed by atoms with E-state index in [2.05, 4.69) is 10.6 Å². The molecule has 0 radical (unpaired) electrons. The summed E-state index contributed by atoms with van der Waals surface area (Å²) in [5, 5.41) is 15.4. The lowest BCUT2D eigenvalue weighted by Crippen LogP contribution is -2.49. The lowest BCUT2D eigenvalue weighted by molar-refractivity contribution is -0.141. The number of hydrogen-bond donors (Lipinski definition) is 3. The van der Waals surface area contributed by atoms with Crippen LogP contribution in [0.25, 0.3) is 11.0 Å². The summed E-state index contributed by atoms with van der Waals surface area (Å²) in [6.45, 7) is 4.94. The van der Waals surface area contributed by atoms with Gasteiger partial charge in [-0.05, 0) is 88.6 Å². The number of nitrogens with one attached hydrogen (secondary N) is 2. The number of alkyl carbamates (subject to hydrolysis) is 1. The molecule has 2 heterocycles. The summed E-state index contributed by atoms with van der Waals surface area (Å²) in [4.78, 5) is 53.2. The molecule has 5 rings (SSSR count). The number of rotatable bonds is 8. The van der Waals surface area contributed by atoms with Crippen molar-refractivity contribution >= 4 is 40.5 Å². The van der Waals surface area contributed by atoms with Crippen molar-refractivity contribution in [2.75, 3.05) is 18.5 Å². The Labute approximate surface area is 261 Å². The average Bonchev–Trinajstić information content (AvgIpc) is 3.64. The number of aromatic carboxylic acids is 1. The van der Waals surface area contributed by atoms with Crippen LogP contribution in [0.1, 0.15) is 74.9 Å². The van der Waals surface area contributed by atoms with E-state index in [1.54, 1.807) is 43.9 Å². The Kier molecular flexibility index (Phi) is 9.45. The van der Waals surface area contributed by atoms with Crippen LogP contribution in [0.3, 0.4) is 0 Å². The maximum atomic E-state index is 14.0. The molecule has 1 aliphatic heterocycles. The highest BCUT2D eigenvalue weighted by molar-refractivity contribution is 6.00. The number of amides is 3. The van der Waals surface area contributed by atoms with Crippen molar-refractivity contribution in [1.29, 1.82) is 0 Å². The Balaban J connectivity index is 1.29. The molecule has 3 aromatic rings. The van der Waals surface area contributed by atoms with Crippen LogP contribution in [-0.2, 0) is 14.3 Å². The van der Waals surface area contributed by atoms with E-state index in [0.717, 1.165) is 5.56 Å². The highest BCUT2D eigenvalue weighted by Gasteiger charge is 2.45. The highest BCUT2D eigenvalue weighted by atomic mass is 19.1. The van der Waals surface area contributed by atoms with E-state index in [-0.39, 0.29) is 35.3 Å². The smallest absolute Gasteiger partial charge is 0.407 e. The van der Waals surface area contributed by atoms with Crippen LogP contribution in [0.15, 0.2) is 59.0 Å². The van der Waals surface area contributed by atoms with Gasteiger partial charge in [0.25, 0.3) is 0 Å². The number of fused-ring (bicyclic) bond motifs is 1. The largest absolute Gasteiger partial charge is 0.475 e. The first-order valence-electron chi connectivity index (χ1n) is 15.4. The number of benzene rings is 2. The van der Waals surface area contributed by atoms with Gasteiger partial charge in [0.05, 0.1) is 6.04 Å². The molecular formula is C34H40FN3O7. The third-order valence-corrected chi connectivity index (χ3v) is 8.73. The molecule has 2 aromatic carbocycles. The van der Waals surface area contributed by atoms with Crippen molar-refractivity contribution in [3.63, 3.8) is 0 Å². The Morgan fingerprint density at radius 3 is 2.38 bits per heavy atom. The van der Waals surface area contributed by atoms with Crippen LogP contribution in [0.4, 0.5) is 14.9 Å². The molecule has 3 amide bonds. The number of furan rings is 1. The number of hydrogen-bond acceptors (Lipinski definition) is 6. The molecule has 45 heavy (non-hydrogen) atoms. The maximum absolute atomic E-state index is 14.0. The number of anilines is 1. The van der Waals surface area contributed by atoms with Crippen LogP contribution >= 0.6 is 0 Å². The standard InChI is InChI=1S/C34H40FN3O7/c1-34(2,3)45-33(43)37-26(19-35)21-9-11-22(12-10-21)31(40)38-16-15-25(20-7-5-4-6-8-20)29(38)30(39)36-24-13-14-27-23(17-24)18-28(44-27)32(41)42/h4-8,13-14,17-18,21-22,25-26,29H,9-12,15-16,19H2,1-3H3,(H,36,39)(H,37,43)(H,41,42)/t21-,22-,25-,26?,29+/m1/s1. The minimum absolute atomic E-state index is 0.0969. The summed E-state index contributed by atoms with van der Waals surface area (Å²) in [6, 6.07) is 14.5. The number of ether oxygens (including phenoxy) is 1. The molecule has 1 saturated heterocycles. The molecule has 3 atom stereocenters. The quantitative estimate of drug-likeness (QED) is 0.275. The summed E-state index contributed by atoms with van der Waals surface area (Å²) < 4.78 is 24.6. The summed E-state index contributed by atoms with van der Waals surface area (Å²) in [5.74, 6) is -2.46. The number of carbonyl (C=O) groups excluding carboxylic acids is 3. The predicted molar refractivity (Wildman–Crippen MR) is 166 cm³/mol. The lowest BCUT2D eigenvalue weighted by atomic mass is 9.78. The second-order valence-corrected chi connectivity index (χ2v) is 13.0. The fraction of sp³-hybridized carbons (Fsp3) is 0.471. The van der Waals surface area contributed by atoms with Crippen LogP contribution in [0.5, 0.6) is 0 Å². The topological polar surface area (TPSA) is 138 Å². The maximum Gasteiger partial charge on any atom is 0.407 e. The zero-order valence-corrected chi connectivity index (χ0v) is 25.8. The lowest BCUT2D eigenvalue weighted by Gasteiger charge is -2.36. The molecule has 0 spiro atoms. The number of carbonyl (C=O) groups is 4. The molecule has 1 saturated carbocycles. The fourth-order valence-corrected chi connectivity index (χ4v) is 6.60. The van der Waals surface area contributed by atoms with Gasteiger partial charge < -0.3 is 29.8 Å². The third-order valence-electron chi connectivity index (χ3n) is 8.73. The van der Waals surface area contributed by atoms with Crippen molar-refractivity contribution in [2.45, 2.75) is 76.5 Å². The van der Waals surface area contributed by atoms with Crippen molar-refractivity contribution in [3.8, 4) is 0 Å². The van der Waals surface area contributed by atoms with Crippen molar-refractivity contribution in [2.24, 2.45) is 11.8 Å². The van der Waals surface area contributed by atoms with E-state index in [4.69, 9.17) is 9.15 Å². The zero-order chi connectivity index (χ0) is 32.3. The number of halogens is 1. The minimum Gasteiger partial charge on any atom is -0.475 e. The molecule has 1 aliphatic carbocycles. The first-order chi connectivity index (χ1) is 21.4. The van der Waals surface area contributed by atoms with Crippen LogP contribution in [0.2, 0.25) is 0 Å². The molecule has 240 valence electrons. The summed E-state index contributed by atoms with van der Waals surface area (Å²) in [6.07, 6.45) is 2.15. The van der Waals surface area contributed by atoms with E-state index >= 15 is 0 Å². The van der Waals surface area contributed by atoms with Crippen LogP contribution < -0.4 is 10.6 Å². The molecule has 3 N–H and O–H groups in total. The molecule has 1 aromatic heterocycles. The number of alkyl halides is 1. The summed E-state index contributed by atoms with van der Waals surface area (Å²) >= 11 is 0. The van der Waals surface area contributed by atoms with Gasteiger partial charge in [0.15, 0.2) is 0 Å².